The van der Waals surface area contributed by atoms with Crippen molar-refractivity contribution in [3.8, 4) is 0 Å². The van der Waals surface area contributed by atoms with E-state index in [1.807, 2.05) is 49.4 Å². The molecule has 1 amide bonds. The van der Waals surface area contributed by atoms with Gasteiger partial charge in [0.15, 0.2) is 5.65 Å². The summed E-state index contributed by atoms with van der Waals surface area (Å²) in [6.45, 7) is 1.57. The maximum atomic E-state index is 12.4. The smallest absolute Gasteiger partial charge is 0.290 e. The zero-order valence-electron chi connectivity index (χ0n) is 13.3. The van der Waals surface area contributed by atoms with Crippen LogP contribution in [0.1, 0.15) is 16.3 Å². The lowest BCUT2D eigenvalue weighted by molar-refractivity contribution is -0.122. The summed E-state index contributed by atoms with van der Waals surface area (Å²) in [7, 11) is 0. The molecule has 3 aromatic heterocycles. The van der Waals surface area contributed by atoms with Gasteiger partial charge in [-0.1, -0.05) is 18.2 Å². The highest BCUT2D eigenvalue weighted by atomic mass is 16.3. The maximum absolute atomic E-state index is 12.4. The zero-order chi connectivity index (χ0) is 17.8. The molecule has 3 heterocycles. The number of fused-ring (bicyclic) bond motifs is 2. The molecule has 0 spiro atoms. The number of aromatic nitrogens is 4. The van der Waals surface area contributed by atoms with Crippen molar-refractivity contribution < 1.29 is 14.7 Å². The summed E-state index contributed by atoms with van der Waals surface area (Å²) in [6, 6.07) is 13.2. The van der Waals surface area contributed by atoms with Crippen molar-refractivity contribution in [3.63, 3.8) is 0 Å². The summed E-state index contributed by atoms with van der Waals surface area (Å²) in [4.78, 5) is 28.2. The predicted molar refractivity (Wildman–Crippen MR) is 92.7 cm³/mol. The van der Waals surface area contributed by atoms with Crippen LogP contribution in [0.3, 0.4) is 0 Å². The first-order chi connectivity index (χ1) is 12.1. The zero-order valence-corrected chi connectivity index (χ0v) is 13.3. The fourth-order valence-electron chi connectivity index (χ4n) is 2.50. The van der Waals surface area contributed by atoms with Gasteiger partial charge in [-0.15, -0.1) is 0 Å². The van der Waals surface area contributed by atoms with Gasteiger partial charge in [0.1, 0.15) is 11.5 Å². The third-order valence-electron chi connectivity index (χ3n) is 3.49. The standard InChI is InChI=1S/C16H13N5O.CH2O2/c1-10-17-15-13(7-4-8-21(15)20-10)19-16(22)14-9-11-5-2-3-6-12(11)18-14;2-1-3/h2-9,18H,1H3,(H,19,22);1H,(H,2,3). The molecular weight excluding hydrogens is 322 g/mol. The minimum absolute atomic E-state index is 0.204. The van der Waals surface area contributed by atoms with Gasteiger partial charge in [-0.25, -0.2) is 9.50 Å². The second-order valence-corrected chi connectivity index (χ2v) is 5.18. The van der Waals surface area contributed by atoms with Gasteiger partial charge in [0.2, 0.25) is 0 Å². The Kier molecular flexibility index (Phi) is 4.42. The number of aryl methyl sites for hydroxylation is 1. The molecule has 4 aromatic rings. The second kappa shape index (κ2) is 6.83. The first-order valence-electron chi connectivity index (χ1n) is 7.41. The van der Waals surface area contributed by atoms with Crippen LogP contribution in [-0.2, 0) is 4.79 Å². The van der Waals surface area contributed by atoms with Crippen molar-refractivity contribution in [1.29, 1.82) is 0 Å². The molecule has 8 heteroatoms. The van der Waals surface area contributed by atoms with Crippen LogP contribution in [0.25, 0.3) is 16.6 Å². The van der Waals surface area contributed by atoms with E-state index in [0.29, 0.717) is 22.9 Å². The molecule has 126 valence electrons. The Hall–Kier alpha value is -3.68. The molecule has 1 aromatic carbocycles. The molecule has 0 radical (unpaired) electrons. The molecule has 0 saturated heterocycles. The SMILES string of the molecule is Cc1nc2c(NC(=O)c3cc4ccccc4[nH]3)cccn2n1.O=CO. The number of nitrogens with one attached hydrogen (secondary N) is 2. The van der Waals surface area contributed by atoms with Gasteiger partial charge in [0.25, 0.3) is 12.4 Å². The summed E-state index contributed by atoms with van der Waals surface area (Å²) >= 11 is 0. The number of anilines is 1. The van der Waals surface area contributed by atoms with Crippen molar-refractivity contribution >= 4 is 34.6 Å². The summed E-state index contributed by atoms with van der Waals surface area (Å²) in [5.41, 5.74) is 2.71. The number of nitrogens with zero attached hydrogens (tertiary/aromatic N) is 3. The van der Waals surface area contributed by atoms with Crippen LogP contribution in [-0.4, -0.2) is 37.1 Å². The average molecular weight is 337 g/mol. The molecular formula is C17H15N5O3. The van der Waals surface area contributed by atoms with Crippen LogP contribution in [0.5, 0.6) is 0 Å². The van der Waals surface area contributed by atoms with Gasteiger partial charge >= 0.3 is 0 Å². The van der Waals surface area contributed by atoms with E-state index in [1.54, 1.807) is 10.7 Å². The number of carbonyl (C=O) groups excluding carboxylic acids is 1. The Morgan fingerprint density at radius 1 is 1.28 bits per heavy atom. The largest absolute Gasteiger partial charge is 0.483 e. The number of carboxylic acid groups (broad SMARTS) is 1. The molecule has 8 nitrogen and oxygen atoms in total. The van der Waals surface area contributed by atoms with Crippen molar-refractivity contribution in [1.82, 2.24) is 19.6 Å². The van der Waals surface area contributed by atoms with Gasteiger partial charge < -0.3 is 15.4 Å². The minimum atomic E-state index is -0.250. The van der Waals surface area contributed by atoms with Crippen LogP contribution in [0.4, 0.5) is 5.69 Å². The molecule has 0 aliphatic heterocycles. The van der Waals surface area contributed by atoms with Crippen molar-refractivity contribution in [3.05, 3.63) is 60.2 Å². The summed E-state index contributed by atoms with van der Waals surface area (Å²) in [5.74, 6) is 0.456. The monoisotopic (exact) mass is 337 g/mol. The number of hydrogen-bond acceptors (Lipinski definition) is 4. The Morgan fingerprint density at radius 2 is 2.04 bits per heavy atom. The highest BCUT2D eigenvalue weighted by Crippen LogP contribution is 2.18. The fourth-order valence-corrected chi connectivity index (χ4v) is 2.50. The van der Waals surface area contributed by atoms with Crippen LogP contribution < -0.4 is 5.32 Å². The number of amides is 1. The highest BCUT2D eigenvalue weighted by Gasteiger charge is 2.12. The predicted octanol–water partition coefficient (Wildman–Crippen LogP) is 2.47. The third kappa shape index (κ3) is 3.32. The average Bonchev–Trinajstić information content (AvgIpc) is 3.18. The molecule has 0 unspecified atom stereocenters. The number of hydrogen-bond donors (Lipinski definition) is 3. The minimum Gasteiger partial charge on any atom is -0.483 e. The fraction of sp³-hybridized carbons (Fsp3) is 0.0588. The normalized spacial score (nSPS) is 10.3. The van der Waals surface area contributed by atoms with E-state index >= 15 is 0 Å². The molecule has 0 fully saturated rings. The molecule has 25 heavy (non-hydrogen) atoms. The number of para-hydroxylation sites is 1. The molecule has 3 N–H and O–H groups in total. The van der Waals surface area contributed by atoms with E-state index in [-0.39, 0.29) is 12.4 Å². The third-order valence-corrected chi connectivity index (χ3v) is 3.49. The van der Waals surface area contributed by atoms with E-state index in [0.717, 1.165) is 10.9 Å². The van der Waals surface area contributed by atoms with Crippen LogP contribution in [0.15, 0.2) is 48.7 Å². The van der Waals surface area contributed by atoms with Gasteiger partial charge in [-0.2, -0.15) is 5.10 Å². The van der Waals surface area contributed by atoms with E-state index in [2.05, 4.69) is 20.4 Å². The summed E-state index contributed by atoms with van der Waals surface area (Å²) in [5, 5.41) is 15.0. The Bertz CT molecular complexity index is 1020. The molecule has 0 atom stereocenters. The number of H-pyrrole nitrogens is 1. The molecule has 0 aliphatic carbocycles. The Morgan fingerprint density at radius 3 is 2.80 bits per heavy atom. The number of pyridine rings is 1. The maximum Gasteiger partial charge on any atom is 0.290 e. The van der Waals surface area contributed by atoms with Crippen molar-refractivity contribution in [2.75, 3.05) is 5.32 Å². The lowest BCUT2D eigenvalue weighted by atomic mass is 10.2. The molecule has 0 aliphatic rings. The quantitative estimate of drug-likeness (QED) is 0.486. The highest BCUT2D eigenvalue weighted by molar-refractivity contribution is 6.07. The first-order valence-corrected chi connectivity index (χ1v) is 7.41. The van der Waals surface area contributed by atoms with Crippen LogP contribution in [0, 0.1) is 6.92 Å². The number of benzene rings is 1. The summed E-state index contributed by atoms with van der Waals surface area (Å²) in [6.07, 6.45) is 1.80. The lowest BCUT2D eigenvalue weighted by Crippen LogP contribution is -2.13. The van der Waals surface area contributed by atoms with Crippen LogP contribution in [0.2, 0.25) is 0 Å². The van der Waals surface area contributed by atoms with E-state index in [9.17, 15) is 4.79 Å². The van der Waals surface area contributed by atoms with Crippen molar-refractivity contribution in [2.45, 2.75) is 6.92 Å². The second-order valence-electron chi connectivity index (χ2n) is 5.18. The van der Waals surface area contributed by atoms with E-state index in [1.165, 1.54) is 0 Å². The Labute approximate surface area is 142 Å². The molecule has 0 saturated carbocycles. The molecule has 4 rings (SSSR count). The van der Waals surface area contributed by atoms with Crippen LogP contribution >= 0.6 is 0 Å². The van der Waals surface area contributed by atoms with Gasteiger partial charge in [0, 0.05) is 17.1 Å². The van der Waals surface area contributed by atoms with E-state index < -0.39 is 0 Å². The molecule has 0 bridgehead atoms. The first kappa shape index (κ1) is 16.2. The van der Waals surface area contributed by atoms with Gasteiger partial charge in [-0.05, 0) is 31.2 Å². The topological polar surface area (TPSA) is 112 Å². The number of carbonyl (C=O) groups is 2. The van der Waals surface area contributed by atoms with E-state index in [4.69, 9.17) is 9.90 Å². The number of rotatable bonds is 2. The lowest BCUT2D eigenvalue weighted by Gasteiger charge is -2.04. The van der Waals surface area contributed by atoms with Crippen molar-refractivity contribution in [2.24, 2.45) is 0 Å². The van der Waals surface area contributed by atoms with Gasteiger partial charge in [0.05, 0.1) is 5.69 Å². The van der Waals surface area contributed by atoms with Gasteiger partial charge in [-0.3, -0.25) is 9.59 Å². The summed E-state index contributed by atoms with van der Waals surface area (Å²) < 4.78 is 1.65. The number of aromatic amines is 1. The Balaban J connectivity index is 0.000000569.